The molecule has 1 atom stereocenters. The van der Waals surface area contributed by atoms with Gasteiger partial charge in [0.2, 0.25) is 0 Å². The van der Waals surface area contributed by atoms with Crippen LogP contribution < -0.4 is 5.32 Å². The van der Waals surface area contributed by atoms with Gasteiger partial charge in [-0.15, -0.1) is 0 Å². The van der Waals surface area contributed by atoms with Crippen LogP contribution in [0.5, 0.6) is 0 Å². The third-order valence-electron chi connectivity index (χ3n) is 3.39. The smallest absolute Gasteiger partial charge is 0.0240 e. The fraction of sp³-hybridized carbons (Fsp3) is 1.00. The van der Waals surface area contributed by atoms with Gasteiger partial charge in [-0.3, -0.25) is 4.90 Å². The largest absolute Gasteiger partial charge is 0.315 e. The van der Waals surface area contributed by atoms with Crippen molar-refractivity contribution in [1.29, 1.82) is 0 Å². The van der Waals surface area contributed by atoms with Crippen LogP contribution in [0, 0.1) is 5.41 Å². The molecule has 1 aliphatic carbocycles. The molecule has 0 aromatic carbocycles. The highest BCUT2D eigenvalue weighted by molar-refractivity contribution is 4.89. The fourth-order valence-corrected chi connectivity index (χ4v) is 2.18. The van der Waals surface area contributed by atoms with Crippen molar-refractivity contribution in [2.24, 2.45) is 5.41 Å². The lowest BCUT2D eigenvalue weighted by Crippen LogP contribution is -2.48. The number of nitrogens with one attached hydrogen (secondary N) is 1. The van der Waals surface area contributed by atoms with Crippen LogP contribution in [0.2, 0.25) is 0 Å². The number of hydrogen-bond donors (Lipinski definition) is 1. The molecule has 1 fully saturated rings. The number of likely N-dealkylation sites (N-methyl/N-ethyl adjacent to an activating group) is 1. The Morgan fingerprint density at radius 2 is 1.93 bits per heavy atom. The Hall–Kier alpha value is -0.0800. The van der Waals surface area contributed by atoms with E-state index in [1.165, 1.54) is 32.4 Å². The minimum atomic E-state index is 0.357. The molecule has 1 aliphatic rings. The highest BCUT2D eigenvalue weighted by Crippen LogP contribution is 2.29. The molecule has 0 amide bonds. The van der Waals surface area contributed by atoms with Gasteiger partial charge in [-0.25, -0.2) is 0 Å². The Balaban J connectivity index is 2.47. The van der Waals surface area contributed by atoms with E-state index in [1.54, 1.807) is 0 Å². The molecule has 2 heteroatoms. The third kappa shape index (κ3) is 4.12. The topological polar surface area (TPSA) is 15.3 Å². The third-order valence-corrected chi connectivity index (χ3v) is 3.39. The van der Waals surface area contributed by atoms with E-state index < -0.39 is 0 Å². The molecule has 2 nitrogen and oxygen atoms in total. The van der Waals surface area contributed by atoms with Crippen molar-refractivity contribution < 1.29 is 0 Å². The Bertz CT molecular complexity index is 179. The second-order valence-corrected chi connectivity index (χ2v) is 5.93. The molecule has 1 N–H and O–H groups in total. The van der Waals surface area contributed by atoms with E-state index in [2.05, 4.69) is 45.0 Å². The molecule has 0 aromatic rings. The summed E-state index contributed by atoms with van der Waals surface area (Å²) in [5.41, 5.74) is 0.357. The van der Waals surface area contributed by atoms with Crippen molar-refractivity contribution in [2.75, 3.05) is 20.1 Å². The van der Waals surface area contributed by atoms with Crippen molar-refractivity contribution in [3.63, 3.8) is 0 Å². The van der Waals surface area contributed by atoms with Crippen LogP contribution in [-0.4, -0.2) is 37.1 Å². The van der Waals surface area contributed by atoms with Gasteiger partial charge in [0.25, 0.3) is 0 Å². The van der Waals surface area contributed by atoms with E-state index in [0.29, 0.717) is 11.5 Å². The van der Waals surface area contributed by atoms with Gasteiger partial charge < -0.3 is 5.32 Å². The first-order valence-electron chi connectivity index (χ1n) is 6.40. The van der Waals surface area contributed by atoms with Crippen molar-refractivity contribution in [1.82, 2.24) is 10.2 Å². The minimum absolute atomic E-state index is 0.357. The lowest BCUT2D eigenvalue weighted by atomic mass is 9.86. The van der Waals surface area contributed by atoms with E-state index in [4.69, 9.17) is 0 Å². The summed E-state index contributed by atoms with van der Waals surface area (Å²) < 4.78 is 0. The Morgan fingerprint density at radius 3 is 2.27 bits per heavy atom. The van der Waals surface area contributed by atoms with Crippen molar-refractivity contribution in [3.8, 4) is 0 Å². The zero-order chi connectivity index (χ0) is 11.5. The molecular formula is C13H28N2. The van der Waals surface area contributed by atoms with E-state index in [-0.39, 0.29) is 0 Å². The number of rotatable bonds is 6. The summed E-state index contributed by atoms with van der Waals surface area (Å²) in [6.07, 6.45) is 4.11. The molecule has 0 aliphatic heterocycles. The first-order chi connectivity index (χ1) is 6.99. The molecule has 0 bridgehead atoms. The Labute approximate surface area is 95.4 Å². The SMILES string of the molecule is CCCN(CC(NC)C(C)(C)C)C1CC1. The van der Waals surface area contributed by atoms with Crippen molar-refractivity contribution in [2.45, 2.75) is 59.0 Å². The highest BCUT2D eigenvalue weighted by atomic mass is 15.2. The number of hydrogen-bond acceptors (Lipinski definition) is 2. The molecule has 0 aromatic heterocycles. The maximum Gasteiger partial charge on any atom is 0.0240 e. The first-order valence-corrected chi connectivity index (χ1v) is 6.40. The monoisotopic (exact) mass is 212 g/mol. The molecule has 1 saturated carbocycles. The lowest BCUT2D eigenvalue weighted by molar-refractivity contribution is 0.172. The molecule has 0 heterocycles. The van der Waals surface area contributed by atoms with Crippen LogP contribution in [-0.2, 0) is 0 Å². The summed E-state index contributed by atoms with van der Waals surface area (Å²) in [4.78, 5) is 2.67. The van der Waals surface area contributed by atoms with E-state index in [0.717, 1.165) is 6.04 Å². The van der Waals surface area contributed by atoms with Gasteiger partial charge in [0.05, 0.1) is 0 Å². The summed E-state index contributed by atoms with van der Waals surface area (Å²) >= 11 is 0. The minimum Gasteiger partial charge on any atom is -0.315 e. The van der Waals surface area contributed by atoms with Crippen molar-refractivity contribution >= 4 is 0 Å². The normalized spacial score (nSPS) is 19.6. The van der Waals surface area contributed by atoms with E-state index >= 15 is 0 Å². The second kappa shape index (κ2) is 5.31. The molecule has 1 rings (SSSR count). The van der Waals surface area contributed by atoms with Gasteiger partial charge >= 0.3 is 0 Å². The second-order valence-electron chi connectivity index (χ2n) is 5.93. The zero-order valence-corrected chi connectivity index (χ0v) is 11.1. The fourth-order valence-electron chi connectivity index (χ4n) is 2.18. The predicted octanol–water partition coefficient (Wildman–Crippen LogP) is 2.49. The molecule has 15 heavy (non-hydrogen) atoms. The number of nitrogens with zero attached hydrogens (tertiary/aromatic N) is 1. The van der Waals surface area contributed by atoms with Gasteiger partial charge in [-0.05, 0) is 38.3 Å². The average molecular weight is 212 g/mol. The van der Waals surface area contributed by atoms with Crippen LogP contribution in [0.1, 0.15) is 47.0 Å². The summed E-state index contributed by atoms with van der Waals surface area (Å²) in [5.74, 6) is 0. The van der Waals surface area contributed by atoms with Gasteiger partial charge in [-0.1, -0.05) is 27.7 Å². The van der Waals surface area contributed by atoms with Crippen LogP contribution in [0.3, 0.4) is 0 Å². The average Bonchev–Trinajstić information content (AvgIpc) is 2.93. The predicted molar refractivity (Wildman–Crippen MR) is 67.2 cm³/mol. The summed E-state index contributed by atoms with van der Waals surface area (Å²) in [7, 11) is 2.09. The molecule has 0 spiro atoms. The van der Waals surface area contributed by atoms with Crippen LogP contribution >= 0.6 is 0 Å². The van der Waals surface area contributed by atoms with Gasteiger partial charge in [-0.2, -0.15) is 0 Å². The Morgan fingerprint density at radius 1 is 1.33 bits per heavy atom. The van der Waals surface area contributed by atoms with E-state index in [1.807, 2.05) is 0 Å². The van der Waals surface area contributed by atoms with Crippen LogP contribution in [0.15, 0.2) is 0 Å². The zero-order valence-electron chi connectivity index (χ0n) is 11.1. The van der Waals surface area contributed by atoms with Gasteiger partial charge in [0.1, 0.15) is 0 Å². The maximum absolute atomic E-state index is 3.47. The van der Waals surface area contributed by atoms with Crippen LogP contribution in [0.4, 0.5) is 0 Å². The lowest BCUT2D eigenvalue weighted by Gasteiger charge is -2.35. The summed E-state index contributed by atoms with van der Waals surface area (Å²) in [5, 5.41) is 3.47. The standard InChI is InChI=1S/C13H28N2/c1-6-9-15(11-7-8-11)10-12(14-5)13(2,3)4/h11-12,14H,6-10H2,1-5H3. The molecular weight excluding hydrogens is 184 g/mol. The van der Waals surface area contributed by atoms with Crippen molar-refractivity contribution in [3.05, 3.63) is 0 Å². The molecule has 90 valence electrons. The molecule has 1 unspecified atom stereocenters. The summed E-state index contributed by atoms with van der Waals surface area (Å²) in [6, 6.07) is 1.49. The first kappa shape index (κ1) is 13.0. The van der Waals surface area contributed by atoms with Gasteiger partial charge in [0.15, 0.2) is 0 Å². The van der Waals surface area contributed by atoms with Crippen LogP contribution in [0.25, 0.3) is 0 Å². The molecule has 0 radical (unpaired) electrons. The maximum atomic E-state index is 3.47. The van der Waals surface area contributed by atoms with Gasteiger partial charge in [0, 0.05) is 18.6 Å². The quantitative estimate of drug-likeness (QED) is 0.728. The Kier molecular flexibility index (Phi) is 4.60. The molecule has 0 saturated heterocycles. The van der Waals surface area contributed by atoms with E-state index in [9.17, 15) is 0 Å². The highest BCUT2D eigenvalue weighted by Gasteiger charge is 2.32. The summed E-state index contributed by atoms with van der Waals surface area (Å²) in [6.45, 7) is 11.7.